The summed E-state index contributed by atoms with van der Waals surface area (Å²) >= 11 is 1.87. The van der Waals surface area contributed by atoms with E-state index in [1.807, 2.05) is 36.5 Å². The third kappa shape index (κ3) is 3.01. The Labute approximate surface area is 129 Å². The van der Waals surface area contributed by atoms with Crippen LogP contribution in [-0.4, -0.2) is 5.91 Å². The smallest absolute Gasteiger partial charge is 0.248 e. The summed E-state index contributed by atoms with van der Waals surface area (Å²) in [6.07, 6.45) is 3.67. The number of aryl methyl sites for hydroxylation is 2. The lowest BCUT2D eigenvalue weighted by Crippen LogP contribution is -2.24. The van der Waals surface area contributed by atoms with Gasteiger partial charge in [-0.05, 0) is 66.5 Å². The number of fused-ring (bicyclic) bond motifs is 1. The van der Waals surface area contributed by atoms with Gasteiger partial charge >= 0.3 is 0 Å². The molecule has 1 aromatic carbocycles. The number of benzene rings is 1. The fraction of sp³-hybridized carbons (Fsp3) is 0.353. The minimum absolute atomic E-state index is 0.368. The number of carbonyl (C=O) groups excluding carboxylic acids is 1. The van der Waals surface area contributed by atoms with E-state index in [9.17, 15) is 4.79 Å². The number of carbonyl (C=O) groups is 1. The van der Waals surface area contributed by atoms with E-state index >= 15 is 0 Å². The van der Waals surface area contributed by atoms with Crippen LogP contribution in [0.4, 0.5) is 0 Å². The van der Waals surface area contributed by atoms with E-state index in [-0.39, 0.29) is 5.91 Å². The molecular weight excluding hydrogens is 280 g/mol. The molecule has 1 aliphatic rings. The molecule has 1 atom stereocenters. The van der Waals surface area contributed by atoms with Crippen molar-refractivity contribution in [2.75, 3.05) is 0 Å². The van der Waals surface area contributed by atoms with Crippen LogP contribution in [-0.2, 0) is 13.0 Å². The van der Waals surface area contributed by atoms with Crippen LogP contribution >= 0.6 is 11.3 Å². The van der Waals surface area contributed by atoms with Crippen molar-refractivity contribution in [1.29, 1.82) is 0 Å². The lowest BCUT2D eigenvalue weighted by molar-refractivity contribution is 0.1000. The van der Waals surface area contributed by atoms with E-state index in [0.29, 0.717) is 11.6 Å². The van der Waals surface area contributed by atoms with Crippen molar-refractivity contribution in [2.45, 2.75) is 38.8 Å². The molecule has 21 heavy (non-hydrogen) atoms. The van der Waals surface area contributed by atoms with Crippen LogP contribution in [0.15, 0.2) is 29.6 Å². The van der Waals surface area contributed by atoms with E-state index in [1.165, 1.54) is 35.3 Å². The number of rotatable bonds is 4. The van der Waals surface area contributed by atoms with Gasteiger partial charge in [-0.1, -0.05) is 6.07 Å². The van der Waals surface area contributed by atoms with E-state index < -0.39 is 0 Å². The van der Waals surface area contributed by atoms with Crippen LogP contribution in [0.5, 0.6) is 0 Å². The molecule has 0 radical (unpaired) electrons. The molecule has 3 N–H and O–H groups in total. The summed E-state index contributed by atoms with van der Waals surface area (Å²) in [4.78, 5) is 12.7. The molecule has 0 fully saturated rings. The first-order valence-corrected chi connectivity index (χ1v) is 8.22. The number of hydrogen-bond donors (Lipinski definition) is 2. The Bertz CT molecular complexity index is 663. The summed E-state index contributed by atoms with van der Waals surface area (Å²) in [6, 6.07) is 8.38. The monoisotopic (exact) mass is 300 g/mol. The molecule has 4 heteroatoms. The standard InChI is InChI=1S/C17H20N2OS/c1-11-9-12(17(18)20)5-6-13(11)10-19-15-3-2-4-16-14(15)7-8-21-16/h5-9,15,19H,2-4,10H2,1H3,(H2,18,20). The van der Waals surface area contributed by atoms with Gasteiger partial charge < -0.3 is 11.1 Å². The van der Waals surface area contributed by atoms with Gasteiger partial charge in [-0.2, -0.15) is 0 Å². The molecule has 2 aromatic rings. The second kappa shape index (κ2) is 6.00. The van der Waals surface area contributed by atoms with Gasteiger partial charge in [0.15, 0.2) is 0 Å². The highest BCUT2D eigenvalue weighted by atomic mass is 32.1. The zero-order valence-corrected chi connectivity index (χ0v) is 13.0. The van der Waals surface area contributed by atoms with Crippen LogP contribution in [0, 0.1) is 6.92 Å². The first kappa shape index (κ1) is 14.3. The fourth-order valence-electron chi connectivity index (χ4n) is 2.98. The number of hydrogen-bond acceptors (Lipinski definition) is 3. The minimum atomic E-state index is -0.368. The minimum Gasteiger partial charge on any atom is -0.366 e. The van der Waals surface area contributed by atoms with Gasteiger partial charge in [-0.15, -0.1) is 11.3 Å². The van der Waals surface area contributed by atoms with Crippen LogP contribution in [0.1, 0.15) is 50.8 Å². The van der Waals surface area contributed by atoms with Crippen molar-refractivity contribution in [3.05, 3.63) is 56.8 Å². The Morgan fingerprint density at radius 1 is 1.43 bits per heavy atom. The number of amides is 1. The predicted molar refractivity (Wildman–Crippen MR) is 86.5 cm³/mol. The summed E-state index contributed by atoms with van der Waals surface area (Å²) < 4.78 is 0. The molecule has 0 saturated carbocycles. The van der Waals surface area contributed by atoms with Crippen molar-refractivity contribution in [3.63, 3.8) is 0 Å². The van der Waals surface area contributed by atoms with Gasteiger partial charge in [0.1, 0.15) is 0 Å². The van der Waals surface area contributed by atoms with E-state index in [2.05, 4.69) is 16.8 Å². The van der Waals surface area contributed by atoms with Gasteiger partial charge in [0.05, 0.1) is 0 Å². The Hall–Kier alpha value is -1.65. The fourth-order valence-corrected chi connectivity index (χ4v) is 3.97. The van der Waals surface area contributed by atoms with Crippen molar-refractivity contribution < 1.29 is 4.79 Å². The van der Waals surface area contributed by atoms with Gasteiger partial charge in [-0.25, -0.2) is 0 Å². The van der Waals surface area contributed by atoms with E-state index in [4.69, 9.17) is 5.73 Å². The topological polar surface area (TPSA) is 55.1 Å². The van der Waals surface area contributed by atoms with E-state index in [1.54, 1.807) is 0 Å². The average Bonchev–Trinajstić information content (AvgIpc) is 2.94. The number of nitrogens with one attached hydrogen (secondary N) is 1. The Morgan fingerprint density at radius 3 is 3.05 bits per heavy atom. The van der Waals surface area contributed by atoms with Gasteiger partial charge in [-0.3, -0.25) is 4.79 Å². The molecule has 0 bridgehead atoms. The largest absolute Gasteiger partial charge is 0.366 e. The van der Waals surface area contributed by atoms with Crippen LogP contribution in [0.2, 0.25) is 0 Å². The van der Waals surface area contributed by atoms with Crippen LogP contribution < -0.4 is 11.1 Å². The molecule has 0 spiro atoms. The molecule has 1 unspecified atom stereocenters. The van der Waals surface area contributed by atoms with Gasteiger partial charge in [0.25, 0.3) is 0 Å². The second-order valence-electron chi connectivity index (χ2n) is 5.63. The van der Waals surface area contributed by atoms with Gasteiger partial charge in [0.2, 0.25) is 5.91 Å². The Morgan fingerprint density at radius 2 is 2.29 bits per heavy atom. The molecule has 110 valence electrons. The molecule has 1 aromatic heterocycles. The summed E-state index contributed by atoms with van der Waals surface area (Å²) in [6.45, 7) is 2.85. The summed E-state index contributed by atoms with van der Waals surface area (Å²) in [5.74, 6) is -0.368. The van der Waals surface area contributed by atoms with Crippen molar-refractivity contribution in [3.8, 4) is 0 Å². The van der Waals surface area contributed by atoms with Crippen molar-refractivity contribution >= 4 is 17.2 Å². The molecule has 1 amide bonds. The molecule has 0 aliphatic heterocycles. The zero-order chi connectivity index (χ0) is 14.8. The molecule has 0 saturated heterocycles. The highest BCUT2D eigenvalue weighted by Crippen LogP contribution is 2.33. The first-order valence-electron chi connectivity index (χ1n) is 7.34. The Balaban J connectivity index is 1.70. The highest BCUT2D eigenvalue weighted by Gasteiger charge is 2.20. The third-order valence-corrected chi connectivity index (χ3v) is 5.21. The normalized spacial score (nSPS) is 17.5. The maximum Gasteiger partial charge on any atom is 0.248 e. The number of nitrogens with two attached hydrogens (primary N) is 1. The lowest BCUT2D eigenvalue weighted by Gasteiger charge is -2.24. The molecule has 1 heterocycles. The Kier molecular flexibility index (Phi) is 4.08. The highest BCUT2D eigenvalue weighted by molar-refractivity contribution is 7.10. The summed E-state index contributed by atoms with van der Waals surface area (Å²) in [7, 11) is 0. The first-order chi connectivity index (χ1) is 10.1. The lowest BCUT2D eigenvalue weighted by atomic mass is 9.93. The molecule has 3 nitrogen and oxygen atoms in total. The maximum atomic E-state index is 11.2. The summed E-state index contributed by atoms with van der Waals surface area (Å²) in [5.41, 5.74) is 9.69. The van der Waals surface area contributed by atoms with E-state index in [0.717, 1.165) is 12.1 Å². The van der Waals surface area contributed by atoms with Gasteiger partial charge in [0, 0.05) is 23.0 Å². The number of primary amides is 1. The third-order valence-electron chi connectivity index (χ3n) is 4.22. The molecular formula is C17H20N2OS. The van der Waals surface area contributed by atoms with Crippen LogP contribution in [0.25, 0.3) is 0 Å². The quantitative estimate of drug-likeness (QED) is 0.910. The molecule has 3 rings (SSSR count). The number of thiophene rings is 1. The van der Waals surface area contributed by atoms with Crippen molar-refractivity contribution in [2.24, 2.45) is 5.73 Å². The van der Waals surface area contributed by atoms with Crippen LogP contribution in [0.3, 0.4) is 0 Å². The SMILES string of the molecule is Cc1cc(C(N)=O)ccc1CNC1CCCc2sccc21. The second-order valence-corrected chi connectivity index (χ2v) is 6.63. The zero-order valence-electron chi connectivity index (χ0n) is 12.2. The van der Waals surface area contributed by atoms with Crippen molar-refractivity contribution in [1.82, 2.24) is 5.32 Å². The summed E-state index contributed by atoms with van der Waals surface area (Å²) in [5, 5.41) is 5.85. The maximum absolute atomic E-state index is 11.2. The molecule has 1 aliphatic carbocycles. The average molecular weight is 300 g/mol. The predicted octanol–water partition coefficient (Wildman–Crippen LogP) is 3.32.